The van der Waals surface area contributed by atoms with E-state index >= 15 is 0 Å². The lowest BCUT2D eigenvalue weighted by atomic mass is 9.86. The maximum Gasteiger partial charge on any atom is 0.0793 e. The van der Waals surface area contributed by atoms with Crippen molar-refractivity contribution in [3.8, 4) is 33.5 Å². The van der Waals surface area contributed by atoms with Gasteiger partial charge in [0, 0.05) is 22.7 Å². The zero-order chi connectivity index (χ0) is 26.5. The number of pyridine rings is 1. The fourth-order valence-corrected chi connectivity index (χ4v) is 6.28. The van der Waals surface area contributed by atoms with Gasteiger partial charge in [0.2, 0.25) is 0 Å². The SMILES string of the molecule is c1ccc(-c2c3ccccc3c(-c3ncc(-c4ccc5ccccc5c4)c4ccccc34)c3ccccc23)cc1. The van der Waals surface area contributed by atoms with Crippen LogP contribution in [0.15, 0.2) is 152 Å². The monoisotopic (exact) mass is 507 g/mol. The Morgan fingerprint density at radius 3 is 1.55 bits per heavy atom. The first kappa shape index (κ1) is 22.7. The lowest BCUT2D eigenvalue weighted by molar-refractivity contribution is 1.37. The van der Waals surface area contributed by atoms with Gasteiger partial charge in [-0.1, -0.05) is 140 Å². The molecule has 1 nitrogen and oxygen atoms in total. The summed E-state index contributed by atoms with van der Waals surface area (Å²) in [4.78, 5) is 5.24. The van der Waals surface area contributed by atoms with E-state index in [4.69, 9.17) is 4.98 Å². The first-order chi connectivity index (χ1) is 19.9. The molecule has 0 fully saturated rings. The number of hydrogen-bond acceptors (Lipinski definition) is 1. The third-order valence-electron chi connectivity index (χ3n) is 8.09. The van der Waals surface area contributed by atoms with E-state index in [2.05, 4.69) is 152 Å². The number of rotatable bonds is 3. The second-order valence-electron chi connectivity index (χ2n) is 10.3. The number of benzene rings is 7. The van der Waals surface area contributed by atoms with E-state index in [0.717, 1.165) is 16.6 Å². The molecule has 0 N–H and O–H groups in total. The van der Waals surface area contributed by atoms with Gasteiger partial charge < -0.3 is 0 Å². The van der Waals surface area contributed by atoms with Crippen molar-refractivity contribution in [1.82, 2.24) is 4.98 Å². The molecule has 7 aromatic carbocycles. The summed E-state index contributed by atoms with van der Waals surface area (Å²) in [6.07, 6.45) is 2.07. The first-order valence-electron chi connectivity index (χ1n) is 13.7. The molecular weight excluding hydrogens is 482 g/mol. The van der Waals surface area contributed by atoms with Crippen molar-refractivity contribution in [2.24, 2.45) is 0 Å². The van der Waals surface area contributed by atoms with Gasteiger partial charge in [-0.2, -0.15) is 0 Å². The van der Waals surface area contributed by atoms with Crippen LogP contribution in [0.2, 0.25) is 0 Å². The van der Waals surface area contributed by atoms with Crippen molar-refractivity contribution >= 4 is 43.1 Å². The third-order valence-corrected chi connectivity index (χ3v) is 8.09. The summed E-state index contributed by atoms with van der Waals surface area (Å²) in [5.74, 6) is 0. The molecule has 8 rings (SSSR count). The van der Waals surface area contributed by atoms with Crippen LogP contribution in [0.25, 0.3) is 76.6 Å². The summed E-state index contributed by atoms with van der Waals surface area (Å²) >= 11 is 0. The van der Waals surface area contributed by atoms with Crippen molar-refractivity contribution in [3.63, 3.8) is 0 Å². The molecule has 186 valence electrons. The average Bonchev–Trinajstić information content (AvgIpc) is 3.03. The first-order valence-corrected chi connectivity index (χ1v) is 13.7. The summed E-state index contributed by atoms with van der Waals surface area (Å²) in [5, 5.41) is 9.78. The second kappa shape index (κ2) is 9.18. The normalized spacial score (nSPS) is 11.5. The Morgan fingerprint density at radius 2 is 0.875 bits per heavy atom. The van der Waals surface area contributed by atoms with Gasteiger partial charge in [0.25, 0.3) is 0 Å². The van der Waals surface area contributed by atoms with Crippen molar-refractivity contribution in [2.75, 3.05) is 0 Å². The van der Waals surface area contributed by atoms with E-state index in [0.29, 0.717) is 0 Å². The maximum absolute atomic E-state index is 5.24. The van der Waals surface area contributed by atoms with E-state index in [-0.39, 0.29) is 0 Å². The van der Waals surface area contributed by atoms with E-state index in [1.54, 1.807) is 0 Å². The van der Waals surface area contributed by atoms with Gasteiger partial charge in [0.05, 0.1) is 5.69 Å². The van der Waals surface area contributed by atoms with Crippen molar-refractivity contribution in [1.29, 1.82) is 0 Å². The molecule has 0 spiro atoms. The van der Waals surface area contributed by atoms with Gasteiger partial charge in [-0.25, -0.2) is 0 Å². The fraction of sp³-hybridized carbons (Fsp3) is 0. The molecule has 1 aromatic heterocycles. The third kappa shape index (κ3) is 3.52. The highest BCUT2D eigenvalue weighted by atomic mass is 14.7. The molecule has 0 saturated heterocycles. The van der Waals surface area contributed by atoms with Gasteiger partial charge in [0.15, 0.2) is 0 Å². The molecule has 0 aliphatic carbocycles. The highest BCUT2D eigenvalue weighted by molar-refractivity contribution is 6.23. The maximum atomic E-state index is 5.24. The zero-order valence-corrected chi connectivity index (χ0v) is 21.9. The topological polar surface area (TPSA) is 12.9 Å². The summed E-state index contributed by atoms with van der Waals surface area (Å²) < 4.78 is 0. The molecule has 40 heavy (non-hydrogen) atoms. The molecule has 0 unspecified atom stereocenters. The minimum absolute atomic E-state index is 1.02. The molecule has 0 atom stereocenters. The van der Waals surface area contributed by atoms with E-state index in [9.17, 15) is 0 Å². The molecule has 8 aromatic rings. The predicted molar refractivity (Wildman–Crippen MR) is 171 cm³/mol. The van der Waals surface area contributed by atoms with Crippen LogP contribution >= 0.6 is 0 Å². The summed E-state index contributed by atoms with van der Waals surface area (Å²) in [6, 6.07) is 52.2. The molecule has 1 heteroatoms. The van der Waals surface area contributed by atoms with E-state index in [1.165, 1.54) is 60.0 Å². The average molecular weight is 508 g/mol. The van der Waals surface area contributed by atoms with E-state index < -0.39 is 0 Å². The highest BCUT2D eigenvalue weighted by Crippen LogP contribution is 2.45. The minimum atomic E-state index is 1.02. The van der Waals surface area contributed by atoms with Crippen LogP contribution in [0.4, 0.5) is 0 Å². The molecule has 0 radical (unpaired) electrons. The smallest absolute Gasteiger partial charge is 0.0793 e. The van der Waals surface area contributed by atoms with Gasteiger partial charge in [-0.15, -0.1) is 0 Å². The number of fused-ring (bicyclic) bond motifs is 4. The molecule has 0 bridgehead atoms. The van der Waals surface area contributed by atoms with Crippen LogP contribution in [-0.4, -0.2) is 4.98 Å². The molecule has 1 heterocycles. The van der Waals surface area contributed by atoms with Crippen LogP contribution in [0.5, 0.6) is 0 Å². The number of nitrogens with zero attached hydrogens (tertiary/aromatic N) is 1. The van der Waals surface area contributed by atoms with Crippen LogP contribution in [0, 0.1) is 0 Å². The lowest BCUT2D eigenvalue weighted by Gasteiger charge is -2.19. The Labute approximate surface area is 233 Å². The van der Waals surface area contributed by atoms with Gasteiger partial charge in [-0.05, 0) is 60.5 Å². The molecule has 0 aliphatic heterocycles. The van der Waals surface area contributed by atoms with Gasteiger partial charge in [0.1, 0.15) is 0 Å². The predicted octanol–water partition coefficient (Wildman–Crippen LogP) is 10.7. The quantitative estimate of drug-likeness (QED) is 0.217. The summed E-state index contributed by atoms with van der Waals surface area (Å²) in [5.41, 5.74) is 7.04. The second-order valence-corrected chi connectivity index (χ2v) is 10.3. The standard InChI is InChI=1S/C39H25N/c1-2-13-27(14-3-1)37-31-17-7-9-19-33(31)38(34-20-10-8-18-32(34)37)39-35-21-11-6-16-30(35)36(25-40-39)29-23-22-26-12-4-5-15-28(26)24-29/h1-25H. The van der Waals surface area contributed by atoms with Gasteiger partial charge in [-0.3, -0.25) is 4.98 Å². The molecule has 0 saturated carbocycles. The van der Waals surface area contributed by atoms with Crippen LogP contribution < -0.4 is 0 Å². The Morgan fingerprint density at radius 1 is 0.350 bits per heavy atom. The van der Waals surface area contributed by atoms with Crippen molar-refractivity contribution < 1.29 is 0 Å². The highest BCUT2D eigenvalue weighted by Gasteiger charge is 2.19. The molecule has 0 aliphatic rings. The van der Waals surface area contributed by atoms with E-state index in [1.807, 2.05) is 0 Å². The fourth-order valence-electron chi connectivity index (χ4n) is 6.28. The van der Waals surface area contributed by atoms with Crippen molar-refractivity contribution in [2.45, 2.75) is 0 Å². The Balaban J connectivity index is 1.46. The van der Waals surface area contributed by atoms with Gasteiger partial charge >= 0.3 is 0 Å². The Kier molecular flexibility index (Phi) is 5.21. The minimum Gasteiger partial charge on any atom is -0.255 e. The zero-order valence-electron chi connectivity index (χ0n) is 21.9. The number of hydrogen-bond donors (Lipinski definition) is 0. The van der Waals surface area contributed by atoms with Crippen molar-refractivity contribution in [3.05, 3.63) is 152 Å². The van der Waals surface area contributed by atoms with Crippen LogP contribution in [0.3, 0.4) is 0 Å². The Hall–Kier alpha value is -5.27. The summed E-state index contributed by atoms with van der Waals surface area (Å²) in [7, 11) is 0. The van der Waals surface area contributed by atoms with Crippen LogP contribution in [0.1, 0.15) is 0 Å². The molecular formula is C39H25N. The Bertz CT molecular complexity index is 2150. The largest absolute Gasteiger partial charge is 0.255 e. The lowest BCUT2D eigenvalue weighted by Crippen LogP contribution is -1.94. The van der Waals surface area contributed by atoms with Crippen LogP contribution in [-0.2, 0) is 0 Å². The number of aromatic nitrogens is 1. The summed E-state index contributed by atoms with van der Waals surface area (Å²) in [6.45, 7) is 0. The molecule has 0 amide bonds.